The number of hydrogen-bond donors (Lipinski definition) is 1. The lowest BCUT2D eigenvalue weighted by molar-refractivity contribution is 0.0954. The first-order chi connectivity index (χ1) is 11.6. The Kier molecular flexibility index (Phi) is 6.37. The fourth-order valence-corrected chi connectivity index (χ4v) is 2.35. The third-order valence-electron chi connectivity index (χ3n) is 3.60. The van der Waals surface area contributed by atoms with Crippen molar-refractivity contribution in [3.05, 3.63) is 64.7 Å². The van der Waals surface area contributed by atoms with Gasteiger partial charge in [0.1, 0.15) is 12.9 Å². The summed E-state index contributed by atoms with van der Waals surface area (Å²) in [6, 6.07) is 13.2. The first kappa shape index (κ1) is 17.5. The van der Waals surface area contributed by atoms with Crippen LogP contribution in [0, 0.1) is 6.92 Å². The summed E-state index contributed by atoms with van der Waals surface area (Å²) in [6.07, 6.45) is 2.31. The second-order valence-electron chi connectivity index (χ2n) is 5.36. The van der Waals surface area contributed by atoms with E-state index in [1.165, 1.54) is 12.7 Å². The minimum Gasteiger partial charge on any atom is -0.496 e. The van der Waals surface area contributed by atoms with Gasteiger partial charge in [0.25, 0.3) is 5.91 Å². The second-order valence-corrected chi connectivity index (χ2v) is 5.36. The quantitative estimate of drug-likeness (QED) is 0.628. The highest BCUT2D eigenvalue weighted by Crippen LogP contribution is 2.19. The monoisotopic (exact) mass is 326 g/mol. The molecular formula is C19H22N2O3. The summed E-state index contributed by atoms with van der Waals surface area (Å²) in [5, 5.41) is 6.61. The third kappa shape index (κ3) is 4.84. The molecule has 0 saturated heterocycles. The minimum atomic E-state index is -0.100. The number of nitrogens with one attached hydrogen (secondary N) is 1. The molecule has 0 fully saturated rings. The normalized spacial score (nSPS) is 10.6. The Labute approximate surface area is 142 Å². The Balaban J connectivity index is 1.91. The number of ether oxygens (including phenoxy) is 1. The van der Waals surface area contributed by atoms with Crippen LogP contribution in [0.2, 0.25) is 0 Å². The second kappa shape index (κ2) is 8.72. The lowest BCUT2D eigenvalue weighted by atomic mass is 10.1. The topological polar surface area (TPSA) is 59.9 Å². The van der Waals surface area contributed by atoms with E-state index < -0.39 is 0 Å². The third-order valence-corrected chi connectivity index (χ3v) is 3.60. The molecular weight excluding hydrogens is 304 g/mol. The van der Waals surface area contributed by atoms with E-state index >= 15 is 0 Å². The number of oxime groups is 1. The van der Waals surface area contributed by atoms with E-state index in [4.69, 9.17) is 4.74 Å². The maximum atomic E-state index is 12.2. The van der Waals surface area contributed by atoms with Gasteiger partial charge in [-0.25, -0.2) is 0 Å². The van der Waals surface area contributed by atoms with Crippen LogP contribution in [-0.4, -0.2) is 32.9 Å². The Morgan fingerprint density at radius 1 is 1.17 bits per heavy atom. The Morgan fingerprint density at radius 3 is 2.58 bits per heavy atom. The molecule has 2 rings (SSSR count). The Hall–Kier alpha value is -2.82. The maximum absolute atomic E-state index is 12.2. The standard InChI is InChI=1S/C19H22N2O3/c1-14-4-9-18(23-2)17(12-14)10-11-20-19(22)16-7-5-15(6-8-16)13-21-24-3/h4-9,12-13H,10-11H2,1-3H3,(H,20,22)/b21-13+. The van der Waals surface area contributed by atoms with Crippen molar-refractivity contribution in [1.29, 1.82) is 0 Å². The van der Waals surface area contributed by atoms with Crippen LogP contribution in [0.5, 0.6) is 5.75 Å². The SMILES string of the molecule is CO/N=C/c1ccc(C(=O)NCCc2cc(C)ccc2OC)cc1. The van der Waals surface area contributed by atoms with Gasteiger partial charge in [0.2, 0.25) is 0 Å². The number of rotatable bonds is 7. The van der Waals surface area contributed by atoms with E-state index in [-0.39, 0.29) is 5.91 Å². The molecule has 1 N–H and O–H groups in total. The van der Waals surface area contributed by atoms with Gasteiger partial charge in [0.05, 0.1) is 13.3 Å². The predicted molar refractivity (Wildman–Crippen MR) is 94.8 cm³/mol. The number of hydrogen-bond acceptors (Lipinski definition) is 4. The van der Waals surface area contributed by atoms with Crippen molar-refractivity contribution < 1.29 is 14.4 Å². The first-order valence-corrected chi connectivity index (χ1v) is 7.72. The molecule has 0 heterocycles. The van der Waals surface area contributed by atoms with Gasteiger partial charge in [-0.15, -0.1) is 0 Å². The van der Waals surface area contributed by atoms with Crippen LogP contribution in [0.3, 0.4) is 0 Å². The molecule has 2 aromatic rings. The minimum absolute atomic E-state index is 0.100. The summed E-state index contributed by atoms with van der Waals surface area (Å²) >= 11 is 0. The lowest BCUT2D eigenvalue weighted by Gasteiger charge is -2.10. The van der Waals surface area contributed by atoms with Crippen molar-refractivity contribution in [2.45, 2.75) is 13.3 Å². The highest BCUT2D eigenvalue weighted by Gasteiger charge is 2.07. The molecule has 0 atom stereocenters. The zero-order valence-corrected chi connectivity index (χ0v) is 14.2. The number of methoxy groups -OCH3 is 1. The zero-order chi connectivity index (χ0) is 17.4. The van der Waals surface area contributed by atoms with E-state index in [9.17, 15) is 4.79 Å². The van der Waals surface area contributed by atoms with Crippen molar-refractivity contribution in [2.24, 2.45) is 5.16 Å². The van der Waals surface area contributed by atoms with Crippen LogP contribution in [0.15, 0.2) is 47.6 Å². The van der Waals surface area contributed by atoms with Crippen LogP contribution in [0.25, 0.3) is 0 Å². The van der Waals surface area contributed by atoms with Crippen molar-refractivity contribution in [2.75, 3.05) is 20.8 Å². The van der Waals surface area contributed by atoms with Crippen molar-refractivity contribution in [3.63, 3.8) is 0 Å². The fourth-order valence-electron chi connectivity index (χ4n) is 2.35. The molecule has 0 bridgehead atoms. The summed E-state index contributed by atoms with van der Waals surface area (Å²) in [5.74, 6) is 0.744. The van der Waals surface area contributed by atoms with E-state index in [0.717, 1.165) is 23.3 Å². The van der Waals surface area contributed by atoms with Crippen molar-refractivity contribution in [3.8, 4) is 5.75 Å². The highest BCUT2D eigenvalue weighted by atomic mass is 16.6. The summed E-state index contributed by atoms with van der Waals surface area (Å²) < 4.78 is 5.35. The molecule has 5 heteroatoms. The number of carbonyl (C=O) groups excluding carboxylic acids is 1. The lowest BCUT2D eigenvalue weighted by Crippen LogP contribution is -2.25. The van der Waals surface area contributed by atoms with Crippen LogP contribution < -0.4 is 10.1 Å². The van der Waals surface area contributed by atoms with Crippen LogP contribution in [0.1, 0.15) is 27.0 Å². The molecule has 0 aliphatic carbocycles. The van der Waals surface area contributed by atoms with Crippen LogP contribution >= 0.6 is 0 Å². The first-order valence-electron chi connectivity index (χ1n) is 7.72. The summed E-state index contributed by atoms with van der Waals surface area (Å²) in [4.78, 5) is 16.8. The number of amides is 1. The average molecular weight is 326 g/mol. The average Bonchev–Trinajstić information content (AvgIpc) is 2.60. The van der Waals surface area contributed by atoms with Gasteiger partial charge in [-0.1, -0.05) is 35.0 Å². The maximum Gasteiger partial charge on any atom is 0.251 e. The van der Waals surface area contributed by atoms with Gasteiger partial charge < -0.3 is 14.9 Å². The molecule has 1 amide bonds. The molecule has 0 unspecified atom stereocenters. The van der Waals surface area contributed by atoms with Gasteiger partial charge in [0.15, 0.2) is 0 Å². The number of nitrogens with zero attached hydrogens (tertiary/aromatic N) is 1. The van der Waals surface area contributed by atoms with Crippen molar-refractivity contribution >= 4 is 12.1 Å². The summed E-state index contributed by atoms with van der Waals surface area (Å²) in [6.45, 7) is 2.58. The molecule has 0 aliphatic heterocycles. The molecule has 0 saturated carbocycles. The molecule has 0 spiro atoms. The molecule has 0 radical (unpaired) electrons. The number of aryl methyl sites for hydroxylation is 1. The number of benzene rings is 2. The molecule has 126 valence electrons. The molecule has 0 aliphatic rings. The summed E-state index contributed by atoms with van der Waals surface area (Å²) in [7, 11) is 3.14. The van der Waals surface area contributed by atoms with Crippen LogP contribution in [-0.2, 0) is 11.3 Å². The van der Waals surface area contributed by atoms with Gasteiger partial charge in [-0.3, -0.25) is 4.79 Å². The highest BCUT2D eigenvalue weighted by molar-refractivity contribution is 5.95. The fraction of sp³-hybridized carbons (Fsp3) is 0.263. The van der Waals surface area contributed by atoms with Crippen LogP contribution in [0.4, 0.5) is 0 Å². The smallest absolute Gasteiger partial charge is 0.251 e. The van der Waals surface area contributed by atoms with Gasteiger partial charge in [-0.05, 0) is 42.7 Å². The number of carbonyl (C=O) groups is 1. The van der Waals surface area contributed by atoms with E-state index in [0.29, 0.717) is 12.1 Å². The molecule has 24 heavy (non-hydrogen) atoms. The van der Waals surface area contributed by atoms with E-state index in [2.05, 4.69) is 21.4 Å². The van der Waals surface area contributed by atoms with Gasteiger partial charge >= 0.3 is 0 Å². The summed E-state index contributed by atoms with van der Waals surface area (Å²) in [5.41, 5.74) is 3.74. The van der Waals surface area contributed by atoms with Gasteiger partial charge in [0, 0.05) is 12.1 Å². The van der Waals surface area contributed by atoms with E-state index in [1.807, 2.05) is 31.2 Å². The molecule has 2 aromatic carbocycles. The largest absolute Gasteiger partial charge is 0.496 e. The van der Waals surface area contributed by atoms with Gasteiger partial charge in [-0.2, -0.15) is 0 Å². The zero-order valence-electron chi connectivity index (χ0n) is 14.2. The molecule has 0 aromatic heterocycles. The van der Waals surface area contributed by atoms with E-state index in [1.54, 1.807) is 25.5 Å². The Bertz CT molecular complexity index is 709. The Morgan fingerprint density at radius 2 is 1.92 bits per heavy atom. The predicted octanol–water partition coefficient (Wildman–Crippen LogP) is 2.96. The molecule has 5 nitrogen and oxygen atoms in total. The van der Waals surface area contributed by atoms with Crippen molar-refractivity contribution in [1.82, 2.24) is 5.32 Å².